The third-order valence-corrected chi connectivity index (χ3v) is 4.16. The molecule has 2 N–H and O–H groups in total. The van der Waals surface area contributed by atoms with Gasteiger partial charge in [0.05, 0.1) is 6.61 Å². The van der Waals surface area contributed by atoms with Gasteiger partial charge in [0.15, 0.2) is 5.96 Å². The summed E-state index contributed by atoms with van der Waals surface area (Å²) in [5.74, 6) is 0.765. The molecule has 1 fully saturated rings. The third-order valence-electron chi connectivity index (χ3n) is 4.16. The molecule has 23 heavy (non-hydrogen) atoms. The molecule has 7 heteroatoms. The molecule has 2 rings (SSSR count). The lowest BCUT2D eigenvalue weighted by Gasteiger charge is -2.25. The van der Waals surface area contributed by atoms with E-state index in [9.17, 15) is 4.79 Å². The largest absolute Gasteiger partial charge is 0.383 e. The summed E-state index contributed by atoms with van der Waals surface area (Å²) in [6, 6.07) is 0.574. The van der Waals surface area contributed by atoms with Crippen LogP contribution in [0.15, 0.2) is 17.1 Å². The lowest BCUT2D eigenvalue weighted by Crippen LogP contribution is -2.43. The van der Waals surface area contributed by atoms with E-state index in [1.54, 1.807) is 7.11 Å². The number of likely N-dealkylation sites (tertiary alicyclic amines) is 1. The van der Waals surface area contributed by atoms with Crippen molar-refractivity contribution in [3.63, 3.8) is 0 Å². The molecule has 0 radical (unpaired) electrons. The van der Waals surface area contributed by atoms with E-state index in [0.29, 0.717) is 19.2 Å². The van der Waals surface area contributed by atoms with E-state index in [1.165, 1.54) is 0 Å². The van der Waals surface area contributed by atoms with Gasteiger partial charge in [-0.1, -0.05) is 12.2 Å². The Morgan fingerprint density at radius 1 is 1.35 bits per heavy atom. The van der Waals surface area contributed by atoms with Crippen LogP contribution in [0.1, 0.15) is 13.3 Å². The predicted octanol–water partition coefficient (Wildman–Crippen LogP) is -0.339. The number of nitrogens with zero attached hydrogens (tertiary/aromatic N) is 3. The monoisotopic (exact) mass is 323 g/mol. The Kier molecular flexibility index (Phi) is 7.35. The summed E-state index contributed by atoms with van der Waals surface area (Å²) >= 11 is 0. The van der Waals surface area contributed by atoms with Gasteiger partial charge in [-0.2, -0.15) is 0 Å². The normalized spacial score (nSPS) is 21.9. The van der Waals surface area contributed by atoms with Crippen molar-refractivity contribution in [2.24, 2.45) is 4.99 Å². The Hall–Kier alpha value is -1.60. The van der Waals surface area contributed by atoms with Crippen LogP contribution >= 0.6 is 0 Å². The smallest absolute Gasteiger partial charge is 0.241 e. The maximum absolute atomic E-state index is 11.8. The number of rotatable bonds is 7. The van der Waals surface area contributed by atoms with E-state index in [1.807, 2.05) is 6.92 Å². The van der Waals surface area contributed by atoms with Crippen molar-refractivity contribution in [1.29, 1.82) is 0 Å². The van der Waals surface area contributed by atoms with E-state index in [-0.39, 0.29) is 12.5 Å². The van der Waals surface area contributed by atoms with Crippen molar-refractivity contribution < 1.29 is 9.53 Å². The van der Waals surface area contributed by atoms with Crippen molar-refractivity contribution in [3.05, 3.63) is 12.2 Å². The zero-order valence-electron chi connectivity index (χ0n) is 14.3. The van der Waals surface area contributed by atoms with Gasteiger partial charge in [-0.3, -0.25) is 9.69 Å². The fraction of sp³-hybridized carbons (Fsp3) is 0.750. The number of hydrogen-bond acceptors (Lipinski definition) is 4. The maximum atomic E-state index is 11.8. The Morgan fingerprint density at radius 3 is 2.83 bits per heavy atom. The van der Waals surface area contributed by atoms with Gasteiger partial charge >= 0.3 is 0 Å². The lowest BCUT2D eigenvalue weighted by molar-refractivity contribution is -0.119. The Bertz CT molecular complexity index is 430. The Labute approximate surface area is 138 Å². The third kappa shape index (κ3) is 5.51. The van der Waals surface area contributed by atoms with Crippen LogP contribution in [0, 0.1) is 0 Å². The molecular formula is C16H29N5O2. The van der Waals surface area contributed by atoms with Crippen LogP contribution in [0.3, 0.4) is 0 Å². The topological polar surface area (TPSA) is 69.2 Å². The molecule has 1 saturated heterocycles. The summed E-state index contributed by atoms with van der Waals surface area (Å²) in [5.41, 5.74) is 0. The minimum atomic E-state index is -0.0723. The molecule has 0 aliphatic carbocycles. The number of carbonyl (C=O) groups is 1. The van der Waals surface area contributed by atoms with Crippen LogP contribution in [0.4, 0.5) is 0 Å². The van der Waals surface area contributed by atoms with E-state index >= 15 is 0 Å². The van der Waals surface area contributed by atoms with E-state index in [2.05, 4.69) is 37.6 Å². The molecule has 1 amide bonds. The minimum absolute atomic E-state index is 0.0723. The molecule has 0 bridgehead atoms. The second-order valence-corrected chi connectivity index (χ2v) is 5.83. The van der Waals surface area contributed by atoms with Gasteiger partial charge in [0, 0.05) is 52.4 Å². The first-order chi connectivity index (χ1) is 11.2. The predicted molar refractivity (Wildman–Crippen MR) is 91.6 cm³/mol. The first-order valence-corrected chi connectivity index (χ1v) is 8.42. The lowest BCUT2D eigenvalue weighted by atomic mass is 10.2. The minimum Gasteiger partial charge on any atom is -0.383 e. The molecule has 2 aliphatic heterocycles. The summed E-state index contributed by atoms with van der Waals surface area (Å²) in [4.78, 5) is 21.0. The first kappa shape index (κ1) is 17.7. The molecule has 0 aromatic heterocycles. The molecule has 130 valence electrons. The molecule has 1 unspecified atom stereocenters. The maximum Gasteiger partial charge on any atom is 0.241 e. The number of methoxy groups -OCH3 is 1. The Balaban J connectivity index is 1.82. The van der Waals surface area contributed by atoms with E-state index in [4.69, 9.17) is 4.74 Å². The fourth-order valence-electron chi connectivity index (χ4n) is 2.95. The van der Waals surface area contributed by atoms with Gasteiger partial charge in [-0.15, -0.1) is 0 Å². The van der Waals surface area contributed by atoms with Gasteiger partial charge in [-0.05, 0) is 13.3 Å². The molecule has 0 aromatic carbocycles. The quantitative estimate of drug-likeness (QED) is 0.290. The van der Waals surface area contributed by atoms with Crippen LogP contribution in [0.25, 0.3) is 0 Å². The van der Waals surface area contributed by atoms with Crippen molar-refractivity contribution in [3.8, 4) is 0 Å². The van der Waals surface area contributed by atoms with Crippen LogP contribution in [0.5, 0.6) is 0 Å². The number of ether oxygens (including phenoxy) is 1. The molecule has 0 spiro atoms. The summed E-state index contributed by atoms with van der Waals surface area (Å²) in [6.07, 6.45) is 5.60. The second-order valence-electron chi connectivity index (χ2n) is 5.83. The van der Waals surface area contributed by atoms with Crippen molar-refractivity contribution >= 4 is 11.9 Å². The highest BCUT2D eigenvalue weighted by Gasteiger charge is 2.29. The Morgan fingerprint density at radius 2 is 2.13 bits per heavy atom. The van der Waals surface area contributed by atoms with Crippen LogP contribution in [0.2, 0.25) is 0 Å². The number of carbonyl (C=O) groups excluding carboxylic acids is 1. The van der Waals surface area contributed by atoms with Crippen LogP contribution < -0.4 is 10.6 Å². The van der Waals surface area contributed by atoms with Crippen LogP contribution in [-0.2, 0) is 9.53 Å². The number of aliphatic imine (C=N–C) groups is 1. The SMILES string of the molecule is CCNC(=NCC(=O)NCCOC)N1CCC(N2CC=CC2)C1. The van der Waals surface area contributed by atoms with Gasteiger partial charge in [0.25, 0.3) is 0 Å². The fourth-order valence-corrected chi connectivity index (χ4v) is 2.95. The highest BCUT2D eigenvalue weighted by Crippen LogP contribution is 2.17. The molecule has 0 saturated carbocycles. The molecule has 1 atom stereocenters. The van der Waals surface area contributed by atoms with Gasteiger partial charge in [0.2, 0.25) is 5.91 Å². The molecule has 2 aliphatic rings. The highest BCUT2D eigenvalue weighted by atomic mass is 16.5. The zero-order valence-corrected chi connectivity index (χ0v) is 14.3. The van der Waals surface area contributed by atoms with Crippen molar-refractivity contribution in [2.75, 3.05) is 59.5 Å². The van der Waals surface area contributed by atoms with Crippen LogP contribution in [-0.4, -0.2) is 87.2 Å². The van der Waals surface area contributed by atoms with E-state index < -0.39 is 0 Å². The van der Waals surface area contributed by atoms with Gasteiger partial charge in [0.1, 0.15) is 6.54 Å². The number of guanidine groups is 1. The summed E-state index contributed by atoms with van der Waals surface area (Å²) < 4.78 is 4.92. The first-order valence-electron chi connectivity index (χ1n) is 8.42. The van der Waals surface area contributed by atoms with E-state index in [0.717, 1.165) is 45.1 Å². The standard InChI is InChI=1S/C16H29N5O2/c1-3-17-16(19-12-15(22)18-7-11-23-2)21-10-6-14(13-21)20-8-4-5-9-20/h4-5,14H,3,6-13H2,1-2H3,(H,17,19)(H,18,22). The van der Waals surface area contributed by atoms with Crippen molar-refractivity contribution in [1.82, 2.24) is 20.4 Å². The summed E-state index contributed by atoms with van der Waals surface area (Å²) in [5, 5.41) is 6.09. The number of hydrogen-bond donors (Lipinski definition) is 2. The van der Waals surface area contributed by atoms with Crippen molar-refractivity contribution in [2.45, 2.75) is 19.4 Å². The number of amides is 1. The molecular weight excluding hydrogens is 294 g/mol. The molecule has 2 heterocycles. The second kappa shape index (κ2) is 9.52. The van der Waals surface area contributed by atoms with Gasteiger partial charge < -0.3 is 20.3 Å². The molecule has 0 aromatic rings. The van der Waals surface area contributed by atoms with Gasteiger partial charge in [-0.25, -0.2) is 4.99 Å². The average Bonchev–Trinajstić information content (AvgIpc) is 3.22. The average molecular weight is 323 g/mol. The molecule has 7 nitrogen and oxygen atoms in total. The highest BCUT2D eigenvalue weighted by molar-refractivity contribution is 5.85. The number of nitrogens with one attached hydrogen (secondary N) is 2. The summed E-state index contributed by atoms with van der Waals surface area (Å²) in [6.45, 7) is 8.10. The summed E-state index contributed by atoms with van der Waals surface area (Å²) in [7, 11) is 1.62. The zero-order chi connectivity index (χ0) is 16.5.